The van der Waals surface area contributed by atoms with E-state index in [2.05, 4.69) is 22.1 Å². The van der Waals surface area contributed by atoms with Crippen molar-refractivity contribution < 1.29 is 9.47 Å². The zero-order valence-corrected chi connectivity index (χ0v) is 3.83. The van der Waals surface area contributed by atoms with Gasteiger partial charge in [0.2, 0.25) is 11.9 Å². The van der Waals surface area contributed by atoms with Crippen LogP contribution < -0.4 is 0 Å². The lowest BCUT2D eigenvalue weighted by atomic mass is 11.1. The summed E-state index contributed by atoms with van der Waals surface area (Å²) in [6, 6.07) is 0. The summed E-state index contributed by atoms with van der Waals surface area (Å²) < 4.78 is 9.17. The fourth-order valence-corrected chi connectivity index (χ4v) is 0.344. The number of rotatable bonds is 0. The van der Waals surface area contributed by atoms with Crippen molar-refractivity contribution in [3.05, 3.63) is 11.4 Å². The van der Waals surface area contributed by atoms with E-state index in [1.54, 1.807) is 0 Å². The first-order valence-corrected chi connectivity index (χ1v) is 1.92. The summed E-state index contributed by atoms with van der Waals surface area (Å²) in [5.74, 6) is 0. The molecule has 3 heteroatoms. The van der Waals surface area contributed by atoms with Crippen molar-refractivity contribution in [3.63, 3.8) is 0 Å². The Morgan fingerprint density at radius 1 is 1.83 bits per heavy atom. The summed E-state index contributed by atoms with van der Waals surface area (Å²) in [6.45, 7) is 0.291. The fraction of sp³-hybridized carbons (Fsp3) is 0.333. The smallest absolute Gasteiger partial charge is 0.231 e. The van der Waals surface area contributed by atoms with Gasteiger partial charge in [0, 0.05) is 0 Å². The minimum absolute atomic E-state index is 0.291. The maximum Gasteiger partial charge on any atom is 0.231 e. The molecule has 0 fully saturated rings. The SMILES string of the molecule is [S]C1=COCO1. The number of hydrogen-bond donors (Lipinski definition) is 0. The quantitative estimate of drug-likeness (QED) is 0.455. The van der Waals surface area contributed by atoms with Crippen LogP contribution in [-0.4, -0.2) is 6.79 Å². The van der Waals surface area contributed by atoms with Gasteiger partial charge in [-0.1, -0.05) is 0 Å². The summed E-state index contributed by atoms with van der Waals surface area (Å²) in [5.41, 5.74) is 0. The van der Waals surface area contributed by atoms with Gasteiger partial charge in [0.25, 0.3) is 0 Å². The van der Waals surface area contributed by atoms with Gasteiger partial charge < -0.3 is 9.47 Å². The van der Waals surface area contributed by atoms with Gasteiger partial charge in [-0.2, -0.15) is 0 Å². The Kier molecular flexibility index (Phi) is 0.837. The second kappa shape index (κ2) is 1.34. The van der Waals surface area contributed by atoms with E-state index in [4.69, 9.17) is 0 Å². The van der Waals surface area contributed by atoms with E-state index in [9.17, 15) is 0 Å². The van der Waals surface area contributed by atoms with Gasteiger partial charge in [-0.15, -0.1) is 0 Å². The van der Waals surface area contributed by atoms with Crippen molar-refractivity contribution in [2.24, 2.45) is 0 Å². The normalized spacial score (nSPS) is 18.3. The van der Waals surface area contributed by atoms with Crippen LogP contribution >= 0.6 is 12.6 Å². The van der Waals surface area contributed by atoms with Crippen LogP contribution in [0.4, 0.5) is 0 Å². The summed E-state index contributed by atoms with van der Waals surface area (Å²) in [7, 11) is 0. The Hall–Kier alpha value is -0.440. The van der Waals surface area contributed by atoms with E-state index in [-0.39, 0.29) is 0 Å². The van der Waals surface area contributed by atoms with Crippen LogP contribution in [0, 0.1) is 0 Å². The average molecular weight is 103 g/mol. The molecule has 33 valence electrons. The topological polar surface area (TPSA) is 18.5 Å². The van der Waals surface area contributed by atoms with Crippen LogP contribution in [0.3, 0.4) is 0 Å². The van der Waals surface area contributed by atoms with Gasteiger partial charge >= 0.3 is 0 Å². The van der Waals surface area contributed by atoms with Crippen LogP contribution in [0.1, 0.15) is 0 Å². The molecule has 0 unspecified atom stereocenters. The van der Waals surface area contributed by atoms with Gasteiger partial charge in [-0.3, -0.25) is 0 Å². The monoisotopic (exact) mass is 103 g/mol. The summed E-state index contributed by atoms with van der Waals surface area (Å²) in [5, 5.41) is 0.440. The highest BCUT2D eigenvalue weighted by atomic mass is 32.1. The van der Waals surface area contributed by atoms with Gasteiger partial charge in [-0.25, -0.2) is 0 Å². The molecule has 1 rings (SSSR count). The molecule has 0 saturated heterocycles. The minimum Gasteiger partial charge on any atom is -0.460 e. The van der Waals surface area contributed by atoms with E-state index in [1.165, 1.54) is 6.26 Å². The largest absolute Gasteiger partial charge is 0.460 e. The number of hydrogen-bond acceptors (Lipinski definition) is 2. The molecule has 0 aliphatic carbocycles. The highest BCUT2D eigenvalue weighted by Crippen LogP contribution is 2.08. The molecule has 0 aromatic carbocycles. The van der Waals surface area contributed by atoms with Crippen molar-refractivity contribution in [3.8, 4) is 0 Å². The molecule has 0 saturated carbocycles. The Balaban J connectivity index is 2.45. The first kappa shape index (κ1) is 3.74. The van der Waals surface area contributed by atoms with Crippen molar-refractivity contribution in [1.29, 1.82) is 0 Å². The third-order valence-electron chi connectivity index (χ3n) is 0.449. The van der Waals surface area contributed by atoms with E-state index < -0.39 is 0 Å². The van der Waals surface area contributed by atoms with Gasteiger partial charge in [0.1, 0.15) is 6.26 Å². The lowest BCUT2D eigenvalue weighted by molar-refractivity contribution is 0.0890. The van der Waals surface area contributed by atoms with Crippen molar-refractivity contribution >= 4 is 12.6 Å². The first-order valence-electron chi connectivity index (χ1n) is 1.51. The van der Waals surface area contributed by atoms with Gasteiger partial charge in [0.15, 0.2) is 0 Å². The van der Waals surface area contributed by atoms with Gasteiger partial charge in [-0.05, 0) is 12.6 Å². The molecule has 2 nitrogen and oxygen atoms in total. The average Bonchev–Trinajstić information content (AvgIpc) is 1.86. The van der Waals surface area contributed by atoms with E-state index in [0.29, 0.717) is 11.9 Å². The predicted octanol–water partition coefficient (Wildman–Crippen LogP) is 0.987. The van der Waals surface area contributed by atoms with Crippen LogP contribution in [0.5, 0.6) is 0 Å². The summed E-state index contributed by atoms with van der Waals surface area (Å²) in [6.07, 6.45) is 1.41. The Bertz CT molecular complexity index is 78.9. The van der Waals surface area contributed by atoms with Crippen LogP contribution in [0.25, 0.3) is 0 Å². The van der Waals surface area contributed by atoms with Crippen molar-refractivity contribution in [1.82, 2.24) is 0 Å². The molecule has 1 aliphatic rings. The molecule has 0 amide bonds. The summed E-state index contributed by atoms with van der Waals surface area (Å²) >= 11 is 4.52. The van der Waals surface area contributed by atoms with E-state index in [1.807, 2.05) is 0 Å². The van der Waals surface area contributed by atoms with E-state index >= 15 is 0 Å². The highest BCUT2D eigenvalue weighted by Gasteiger charge is 1.97. The zero-order valence-electron chi connectivity index (χ0n) is 3.01. The Morgan fingerprint density at radius 2 is 2.67 bits per heavy atom. The molecule has 0 bridgehead atoms. The fourth-order valence-electron chi connectivity index (χ4n) is 0.228. The summed E-state index contributed by atoms with van der Waals surface area (Å²) in [4.78, 5) is 0. The second-order valence-electron chi connectivity index (χ2n) is 0.866. The van der Waals surface area contributed by atoms with Crippen LogP contribution in [0.2, 0.25) is 0 Å². The third-order valence-corrected chi connectivity index (χ3v) is 0.663. The lowest BCUT2D eigenvalue weighted by Gasteiger charge is -1.85. The van der Waals surface area contributed by atoms with Crippen LogP contribution in [0.15, 0.2) is 11.4 Å². The molecule has 1 radical (unpaired) electrons. The standard InChI is InChI=1S/C3H3O2S/c6-3-1-4-2-5-3/h1H,2H2. The molecule has 1 aliphatic heterocycles. The van der Waals surface area contributed by atoms with Gasteiger partial charge in [0.05, 0.1) is 0 Å². The highest BCUT2D eigenvalue weighted by molar-refractivity contribution is 7.84. The Labute approximate surface area is 41.2 Å². The maximum absolute atomic E-state index is 4.61. The molecule has 1 heterocycles. The third kappa shape index (κ3) is 0.542. The predicted molar refractivity (Wildman–Crippen MR) is 22.7 cm³/mol. The molecule has 0 N–H and O–H groups in total. The van der Waals surface area contributed by atoms with Crippen molar-refractivity contribution in [2.45, 2.75) is 0 Å². The molecule has 0 aromatic rings. The van der Waals surface area contributed by atoms with E-state index in [0.717, 1.165) is 0 Å². The second-order valence-corrected chi connectivity index (χ2v) is 1.27. The molecule has 0 spiro atoms. The molecule has 6 heavy (non-hydrogen) atoms. The molecular formula is C3H3O2S. The van der Waals surface area contributed by atoms with Crippen molar-refractivity contribution in [2.75, 3.05) is 6.79 Å². The Morgan fingerprint density at radius 3 is 2.83 bits per heavy atom. The zero-order chi connectivity index (χ0) is 4.41. The molecule has 0 aromatic heterocycles. The lowest BCUT2D eigenvalue weighted by Crippen LogP contribution is -1.77. The maximum atomic E-state index is 4.61. The number of ether oxygens (including phenoxy) is 2. The first-order chi connectivity index (χ1) is 2.89. The molecular weight excluding hydrogens is 100 g/mol. The molecule has 0 atom stereocenters. The minimum atomic E-state index is 0.291. The van der Waals surface area contributed by atoms with Crippen LogP contribution in [-0.2, 0) is 9.47 Å².